The van der Waals surface area contributed by atoms with E-state index in [9.17, 15) is 8.42 Å². The lowest BCUT2D eigenvalue weighted by Gasteiger charge is -2.08. The van der Waals surface area contributed by atoms with Crippen LogP contribution in [-0.4, -0.2) is 19.9 Å². The maximum absolute atomic E-state index is 12.3. The van der Waals surface area contributed by atoms with Gasteiger partial charge in [0, 0.05) is 40.1 Å². The molecule has 2 aromatic heterocycles. The maximum Gasteiger partial charge on any atom is 0.241 e. The Labute approximate surface area is 137 Å². The average molecular weight is 390 g/mol. The first kappa shape index (κ1) is 16.4. The van der Waals surface area contributed by atoms with E-state index in [0.717, 1.165) is 22.3 Å². The molecule has 21 heavy (non-hydrogen) atoms. The van der Waals surface area contributed by atoms with Crippen LogP contribution in [0.25, 0.3) is 0 Å². The first-order chi connectivity index (χ1) is 10.0. The quantitative estimate of drug-likeness (QED) is 0.762. The Morgan fingerprint density at radius 2 is 2.19 bits per heavy atom. The molecule has 0 aliphatic carbocycles. The molecule has 2 rings (SSSR count). The Morgan fingerprint density at radius 1 is 1.38 bits per heavy atom. The van der Waals surface area contributed by atoms with Gasteiger partial charge in [0.15, 0.2) is 0 Å². The van der Waals surface area contributed by atoms with Gasteiger partial charge in [-0.05, 0) is 34.5 Å². The molecule has 0 aliphatic heterocycles. The molecule has 0 bridgehead atoms. The second kappa shape index (κ2) is 7.35. The van der Waals surface area contributed by atoms with E-state index >= 15 is 0 Å². The lowest BCUT2D eigenvalue weighted by atomic mass is 10.4. The van der Waals surface area contributed by atoms with E-state index in [0.29, 0.717) is 5.82 Å². The van der Waals surface area contributed by atoms with Gasteiger partial charge in [-0.2, -0.15) is 0 Å². The minimum absolute atomic E-state index is 0.215. The van der Waals surface area contributed by atoms with Crippen molar-refractivity contribution < 1.29 is 8.42 Å². The van der Waals surface area contributed by atoms with Crippen LogP contribution in [0, 0.1) is 0 Å². The molecule has 8 heteroatoms. The smallest absolute Gasteiger partial charge is 0.241 e. The van der Waals surface area contributed by atoms with E-state index in [1.54, 1.807) is 6.07 Å². The van der Waals surface area contributed by atoms with Gasteiger partial charge in [0.2, 0.25) is 10.0 Å². The fourth-order valence-corrected chi connectivity index (χ4v) is 4.13. The highest BCUT2D eigenvalue weighted by molar-refractivity contribution is 9.10. The van der Waals surface area contributed by atoms with Crippen molar-refractivity contribution in [2.45, 2.75) is 24.8 Å². The number of nitrogens with one attached hydrogen (secondary N) is 2. The monoisotopic (exact) mass is 389 g/mol. The molecular formula is C13H16BrN3O2S2. The molecule has 0 radical (unpaired) electrons. The number of pyridine rings is 1. The maximum atomic E-state index is 12.3. The van der Waals surface area contributed by atoms with Crippen LogP contribution < -0.4 is 10.0 Å². The molecule has 0 unspecified atom stereocenters. The number of aromatic nitrogens is 1. The molecule has 0 amide bonds. The van der Waals surface area contributed by atoms with Crippen molar-refractivity contribution in [1.82, 2.24) is 9.71 Å². The molecular weight excluding hydrogens is 374 g/mol. The van der Waals surface area contributed by atoms with Gasteiger partial charge in [0.1, 0.15) is 5.82 Å². The van der Waals surface area contributed by atoms with E-state index in [2.05, 4.69) is 31.0 Å². The second-order valence-electron chi connectivity index (χ2n) is 4.36. The number of hydrogen-bond acceptors (Lipinski definition) is 5. The molecule has 2 aromatic rings. The number of rotatable bonds is 7. The van der Waals surface area contributed by atoms with Crippen LogP contribution in [0.3, 0.4) is 0 Å². The average Bonchev–Trinajstić information content (AvgIpc) is 2.89. The van der Waals surface area contributed by atoms with Crippen LogP contribution in [-0.2, 0) is 16.6 Å². The van der Waals surface area contributed by atoms with Gasteiger partial charge < -0.3 is 5.32 Å². The fraction of sp³-hybridized carbons (Fsp3) is 0.308. The minimum Gasteiger partial charge on any atom is -0.370 e. The second-order valence-corrected chi connectivity index (χ2v) is 8.04. The largest absolute Gasteiger partial charge is 0.370 e. The number of nitrogens with zero attached hydrogens (tertiary/aromatic N) is 1. The molecule has 0 aromatic carbocycles. The summed E-state index contributed by atoms with van der Waals surface area (Å²) in [6.45, 7) is 3.07. The number of sulfonamides is 1. The zero-order chi connectivity index (χ0) is 15.3. The molecule has 0 saturated heterocycles. The molecule has 2 N–H and O–H groups in total. The Balaban J connectivity index is 2.08. The van der Waals surface area contributed by atoms with Crippen LogP contribution >= 0.6 is 27.3 Å². The highest BCUT2D eigenvalue weighted by Gasteiger charge is 2.15. The van der Waals surface area contributed by atoms with Crippen LogP contribution in [0.15, 0.2) is 39.1 Å². The summed E-state index contributed by atoms with van der Waals surface area (Å²) in [5.41, 5.74) is 0. The van der Waals surface area contributed by atoms with Crippen molar-refractivity contribution in [2.75, 3.05) is 11.9 Å². The summed E-state index contributed by atoms with van der Waals surface area (Å²) < 4.78 is 28.1. The predicted molar refractivity (Wildman–Crippen MR) is 89.1 cm³/mol. The van der Waals surface area contributed by atoms with E-state index in [1.807, 2.05) is 18.4 Å². The van der Waals surface area contributed by atoms with Gasteiger partial charge >= 0.3 is 0 Å². The van der Waals surface area contributed by atoms with E-state index < -0.39 is 10.0 Å². The van der Waals surface area contributed by atoms with E-state index in [-0.39, 0.29) is 11.4 Å². The number of thiophene rings is 1. The van der Waals surface area contributed by atoms with Gasteiger partial charge in [-0.15, -0.1) is 11.3 Å². The first-order valence-corrected chi connectivity index (χ1v) is 9.59. The molecule has 2 heterocycles. The summed E-state index contributed by atoms with van der Waals surface area (Å²) >= 11 is 4.85. The Kier molecular flexibility index (Phi) is 5.74. The summed E-state index contributed by atoms with van der Waals surface area (Å²) in [5.74, 6) is 0.568. The van der Waals surface area contributed by atoms with Crippen molar-refractivity contribution in [2.24, 2.45) is 0 Å². The van der Waals surface area contributed by atoms with Gasteiger partial charge in [-0.25, -0.2) is 18.1 Å². The van der Waals surface area contributed by atoms with Crippen LogP contribution in [0.4, 0.5) is 5.82 Å². The predicted octanol–water partition coefficient (Wildman–Crippen LogP) is 3.21. The van der Waals surface area contributed by atoms with Crippen LogP contribution in [0.5, 0.6) is 0 Å². The Hall–Kier alpha value is -0.960. The summed E-state index contributed by atoms with van der Waals surface area (Å²) in [7, 11) is -3.54. The summed E-state index contributed by atoms with van der Waals surface area (Å²) in [4.78, 5) is 5.27. The van der Waals surface area contributed by atoms with Crippen LogP contribution in [0.2, 0.25) is 0 Å². The summed E-state index contributed by atoms with van der Waals surface area (Å²) in [6.07, 6.45) is 2.44. The molecule has 0 spiro atoms. The lowest BCUT2D eigenvalue weighted by molar-refractivity contribution is 0.581. The van der Waals surface area contributed by atoms with Gasteiger partial charge in [0.25, 0.3) is 0 Å². The van der Waals surface area contributed by atoms with E-state index in [4.69, 9.17) is 0 Å². The molecule has 114 valence electrons. The lowest BCUT2D eigenvalue weighted by Crippen LogP contribution is -2.23. The van der Waals surface area contributed by atoms with Gasteiger partial charge in [0.05, 0.1) is 4.90 Å². The summed E-state index contributed by atoms with van der Waals surface area (Å²) in [5, 5.41) is 5.00. The minimum atomic E-state index is -3.54. The molecule has 5 nitrogen and oxygen atoms in total. The molecule has 0 atom stereocenters. The van der Waals surface area contributed by atoms with Crippen molar-refractivity contribution in [1.29, 1.82) is 0 Å². The highest BCUT2D eigenvalue weighted by Crippen LogP contribution is 2.20. The summed E-state index contributed by atoms with van der Waals surface area (Å²) in [6, 6.07) is 4.93. The molecule has 0 aliphatic rings. The SMILES string of the molecule is CCCNc1cc(S(=O)(=O)NCc2cc(Br)cs2)ccn1. The first-order valence-electron chi connectivity index (χ1n) is 6.44. The van der Waals surface area contributed by atoms with Crippen molar-refractivity contribution in [3.8, 4) is 0 Å². The van der Waals surface area contributed by atoms with Crippen molar-refractivity contribution >= 4 is 43.1 Å². The zero-order valence-electron chi connectivity index (χ0n) is 11.5. The normalized spacial score (nSPS) is 11.5. The Bertz CT molecular complexity index is 701. The Morgan fingerprint density at radius 3 is 2.86 bits per heavy atom. The third kappa shape index (κ3) is 4.77. The number of halogens is 1. The molecule has 0 saturated carbocycles. The number of hydrogen-bond donors (Lipinski definition) is 2. The van der Waals surface area contributed by atoms with Crippen LogP contribution in [0.1, 0.15) is 18.2 Å². The third-order valence-electron chi connectivity index (χ3n) is 2.66. The fourth-order valence-electron chi connectivity index (χ4n) is 1.62. The van der Waals surface area contributed by atoms with E-state index in [1.165, 1.54) is 23.6 Å². The highest BCUT2D eigenvalue weighted by atomic mass is 79.9. The van der Waals surface area contributed by atoms with Gasteiger partial charge in [-0.3, -0.25) is 0 Å². The van der Waals surface area contributed by atoms with Crippen molar-refractivity contribution in [3.63, 3.8) is 0 Å². The van der Waals surface area contributed by atoms with Gasteiger partial charge in [-0.1, -0.05) is 6.92 Å². The zero-order valence-corrected chi connectivity index (χ0v) is 14.7. The third-order valence-corrected chi connectivity index (χ3v) is 5.75. The number of anilines is 1. The standard InChI is InChI=1S/C13H16BrN3O2S2/c1-2-4-15-13-7-12(3-5-16-13)21(18,19)17-8-11-6-10(14)9-20-11/h3,5-7,9,17H,2,4,8H2,1H3,(H,15,16). The van der Waals surface area contributed by atoms with Crippen molar-refractivity contribution in [3.05, 3.63) is 39.1 Å². The molecule has 0 fully saturated rings. The topological polar surface area (TPSA) is 71.1 Å².